The van der Waals surface area contributed by atoms with Crippen molar-refractivity contribution in [3.05, 3.63) is 28.7 Å². The van der Waals surface area contributed by atoms with E-state index in [0.717, 1.165) is 4.68 Å². The second kappa shape index (κ2) is 5.83. The van der Waals surface area contributed by atoms with E-state index in [-0.39, 0.29) is 24.6 Å². The van der Waals surface area contributed by atoms with Gasteiger partial charge in [0.2, 0.25) is 5.91 Å². The van der Waals surface area contributed by atoms with E-state index in [1.54, 1.807) is 20.8 Å². The third-order valence-electron chi connectivity index (χ3n) is 3.86. The molecule has 1 aliphatic heterocycles. The van der Waals surface area contributed by atoms with Crippen LogP contribution in [0.25, 0.3) is 0 Å². The lowest BCUT2D eigenvalue weighted by Gasteiger charge is -2.24. The minimum absolute atomic E-state index is 0.165. The van der Waals surface area contributed by atoms with Gasteiger partial charge in [-0.1, -0.05) is 0 Å². The van der Waals surface area contributed by atoms with Crippen molar-refractivity contribution in [2.75, 3.05) is 13.1 Å². The van der Waals surface area contributed by atoms with E-state index >= 15 is 0 Å². The van der Waals surface area contributed by atoms with E-state index in [2.05, 4.69) is 5.10 Å². The molecular formula is C14H21N3O4S. The molecule has 1 atom stereocenters. The molecule has 0 spiro atoms. The van der Waals surface area contributed by atoms with Gasteiger partial charge < -0.3 is 4.90 Å². The van der Waals surface area contributed by atoms with E-state index in [1.807, 2.05) is 0 Å². The largest absolute Gasteiger partial charge is 0.340 e. The number of amides is 1. The number of hydrogen-bond acceptors (Lipinski definition) is 5. The first-order chi connectivity index (χ1) is 10.1. The first kappa shape index (κ1) is 16.7. The zero-order chi connectivity index (χ0) is 16.5. The zero-order valence-electron chi connectivity index (χ0n) is 13.0. The molecule has 0 bridgehead atoms. The third kappa shape index (κ3) is 3.21. The number of carbonyl (C=O) groups excluding carboxylic acids is 1. The van der Waals surface area contributed by atoms with Crippen LogP contribution in [0.3, 0.4) is 0 Å². The normalized spacial score (nSPS) is 19.4. The van der Waals surface area contributed by atoms with Gasteiger partial charge in [0.25, 0.3) is 5.56 Å². The number of rotatable bonds is 3. The predicted octanol–water partition coefficient (Wildman–Crippen LogP) is 0.0575. The Bertz CT molecular complexity index is 718. The fraction of sp³-hybridized carbons (Fsp3) is 0.643. The Morgan fingerprint density at radius 3 is 2.68 bits per heavy atom. The summed E-state index contributed by atoms with van der Waals surface area (Å²) in [5, 5.41) is 3.29. The van der Waals surface area contributed by atoms with Gasteiger partial charge in [-0.05, 0) is 33.3 Å². The summed E-state index contributed by atoms with van der Waals surface area (Å²) in [7, 11) is -3.30. The lowest BCUT2D eigenvalue weighted by Crippen LogP contribution is -2.41. The van der Waals surface area contributed by atoms with Crippen molar-refractivity contribution in [3.8, 4) is 0 Å². The Kier molecular flexibility index (Phi) is 4.42. The van der Waals surface area contributed by atoms with Crippen molar-refractivity contribution in [2.24, 2.45) is 0 Å². The highest BCUT2D eigenvalue weighted by atomic mass is 32.2. The van der Waals surface area contributed by atoms with Crippen LogP contribution in [-0.4, -0.2) is 52.1 Å². The van der Waals surface area contributed by atoms with Crippen LogP contribution in [-0.2, 0) is 21.2 Å². The highest BCUT2D eigenvalue weighted by Crippen LogP contribution is 2.27. The molecule has 1 fully saturated rings. The molecule has 22 heavy (non-hydrogen) atoms. The van der Waals surface area contributed by atoms with Crippen LogP contribution in [0.2, 0.25) is 0 Å². The minimum Gasteiger partial charge on any atom is -0.340 e. The first-order valence-corrected chi connectivity index (χ1v) is 8.71. The van der Waals surface area contributed by atoms with Gasteiger partial charge in [-0.3, -0.25) is 9.59 Å². The van der Waals surface area contributed by atoms with Gasteiger partial charge in [-0.15, -0.1) is 0 Å². The monoisotopic (exact) mass is 327 g/mol. The lowest BCUT2D eigenvalue weighted by atomic mass is 10.3. The molecule has 8 heteroatoms. The molecule has 2 rings (SSSR count). The lowest BCUT2D eigenvalue weighted by molar-refractivity contribution is -0.131. The third-order valence-corrected chi connectivity index (χ3v) is 6.83. The molecule has 7 nitrogen and oxygen atoms in total. The molecular weight excluding hydrogens is 306 g/mol. The fourth-order valence-electron chi connectivity index (χ4n) is 2.44. The quantitative estimate of drug-likeness (QED) is 0.783. The maximum Gasteiger partial charge on any atom is 0.267 e. The summed E-state index contributed by atoms with van der Waals surface area (Å²) in [5.41, 5.74) is -0.353. The second-order valence-electron chi connectivity index (χ2n) is 6.43. The summed E-state index contributed by atoms with van der Waals surface area (Å²) in [6.07, 6.45) is 1.87. The molecule has 0 N–H and O–H groups in total. The molecule has 1 saturated heterocycles. The summed E-state index contributed by atoms with van der Waals surface area (Å²) < 4.78 is 25.1. The molecule has 122 valence electrons. The Hall–Kier alpha value is -1.70. The Morgan fingerprint density at radius 2 is 2.09 bits per heavy atom. The topological polar surface area (TPSA) is 89.3 Å². The number of carbonyl (C=O) groups is 1. The summed E-state index contributed by atoms with van der Waals surface area (Å²) in [4.78, 5) is 25.3. The minimum atomic E-state index is -3.30. The molecule has 0 saturated carbocycles. The maximum absolute atomic E-state index is 12.4. The summed E-state index contributed by atoms with van der Waals surface area (Å²) in [5.74, 6) is -0.285. The van der Waals surface area contributed by atoms with Crippen molar-refractivity contribution in [1.29, 1.82) is 0 Å². The predicted molar refractivity (Wildman–Crippen MR) is 82.2 cm³/mol. The number of sulfone groups is 1. The number of nitrogens with zero attached hydrogens (tertiary/aromatic N) is 3. The number of likely N-dealkylation sites (tertiary alicyclic amines) is 1. The van der Waals surface area contributed by atoms with Crippen molar-refractivity contribution in [2.45, 2.75) is 43.7 Å². The van der Waals surface area contributed by atoms with Gasteiger partial charge in [0.1, 0.15) is 6.54 Å². The second-order valence-corrected chi connectivity index (χ2v) is 9.41. The van der Waals surface area contributed by atoms with Crippen LogP contribution in [0.4, 0.5) is 0 Å². The highest BCUT2D eigenvalue weighted by molar-refractivity contribution is 7.93. The van der Waals surface area contributed by atoms with Crippen molar-refractivity contribution < 1.29 is 13.2 Å². The average Bonchev–Trinajstić information content (AvgIpc) is 2.90. The standard InChI is InChI=1S/C14H21N3O4S/c1-14(2,3)22(20,21)11-6-8-16(9-11)13(19)10-17-12(18)5-4-7-15-17/h4-5,7,11H,6,8-10H2,1-3H3/t11-/m1/s1. The van der Waals surface area contributed by atoms with Crippen molar-refractivity contribution in [3.63, 3.8) is 0 Å². The van der Waals surface area contributed by atoms with Crippen LogP contribution < -0.4 is 5.56 Å². The van der Waals surface area contributed by atoms with Crippen LogP contribution in [0, 0.1) is 0 Å². The number of hydrogen-bond donors (Lipinski definition) is 0. The van der Waals surface area contributed by atoms with Crippen molar-refractivity contribution >= 4 is 15.7 Å². The van der Waals surface area contributed by atoms with Gasteiger partial charge in [0, 0.05) is 25.4 Å². The van der Waals surface area contributed by atoms with Gasteiger partial charge in [-0.25, -0.2) is 13.1 Å². The molecule has 1 aliphatic rings. The van der Waals surface area contributed by atoms with Crippen LogP contribution >= 0.6 is 0 Å². The van der Waals surface area contributed by atoms with Gasteiger partial charge >= 0.3 is 0 Å². The Morgan fingerprint density at radius 1 is 1.41 bits per heavy atom. The zero-order valence-corrected chi connectivity index (χ0v) is 13.8. The molecule has 0 unspecified atom stereocenters. The van der Waals surface area contributed by atoms with Crippen LogP contribution in [0.1, 0.15) is 27.2 Å². The molecule has 1 aromatic rings. The molecule has 0 aliphatic carbocycles. The van der Waals surface area contributed by atoms with Gasteiger partial charge in [0.05, 0.1) is 10.00 Å². The van der Waals surface area contributed by atoms with E-state index in [9.17, 15) is 18.0 Å². The average molecular weight is 327 g/mol. The van der Waals surface area contributed by atoms with Gasteiger partial charge in [-0.2, -0.15) is 5.10 Å². The highest BCUT2D eigenvalue weighted by Gasteiger charge is 2.41. The van der Waals surface area contributed by atoms with Crippen LogP contribution in [0.15, 0.2) is 23.1 Å². The summed E-state index contributed by atoms with van der Waals surface area (Å²) >= 11 is 0. The van der Waals surface area contributed by atoms with E-state index in [0.29, 0.717) is 13.0 Å². The smallest absolute Gasteiger partial charge is 0.267 e. The molecule has 1 aromatic heterocycles. The first-order valence-electron chi connectivity index (χ1n) is 7.16. The van der Waals surface area contributed by atoms with E-state index in [4.69, 9.17) is 0 Å². The SMILES string of the molecule is CC(C)(C)S(=O)(=O)[C@@H]1CCN(C(=O)Cn2ncccc2=O)C1. The molecule has 0 aromatic carbocycles. The Balaban J connectivity index is 2.06. The molecule has 1 amide bonds. The Labute approximate surface area is 129 Å². The van der Waals surface area contributed by atoms with E-state index in [1.165, 1.54) is 23.2 Å². The van der Waals surface area contributed by atoms with Crippen molar-refractivity contribution in [1.82, 2.24) is 14.7 Å². The molecule has 0 radical (unpaired) electrons. The summed E-state index contributed by atoms with van der Waals surface area (Å²) in [6.45, 7) is 5.41. The molecule has 2 heterocycles. The maximum atomic E-state index is 12.4. The summed E-state index contributed by atoms with van der Waals surface area (Å²) in [6, 6.07) is 2.84. The number of aromatic nitrogens is 2. The van der Waals surface area contributed by atoms with Gasteiger partial charge in [0.15, 0.2) is 9.84 Å². The van der Waals surface area contributed by atoms with Crippen LogP contribution in [0.5, 0.6) is 0 Å². The fourth-order valence-corrected chi connectivity index (χ4v) is 4.23. The van der Waals surface area contributed by atoms with E-state index < -0.39 is 19.8 Å².